The van der Waals surface area contributed by atoms with Gasteiger partial charge in [0, 0.05) is 11.1 Å². The molecule has 0 aliphatic carbocycles. The molecule has 0 radical (unpaired) electrons. The second kappa shape index (κ2) is 19.2. The maximum Gasteiger partial charge on any atom is 1.00 e. The van der Waals surface area contributed by atoms with Crippen LogP contribution in [-0.4, -0.2) is 23.9 Å². The van der Waals surface area contributed by atoms with Gasteiger partial charge >= 0.3 is 206 Å². The Morgan fingerprint density at radius 3 is 0.850 bits per heavy atom. The molecule has 12 heteroatoms. The Labute approximate surface area is 283 Å². The Morgan fingerprint density at radius 2 is 0.750 bits per heavy atom. The van der Waals surface area contributed by atoms with E-state index in [1.165, 1.54) is 0 Å². The van der Waals surface area contributed by atoms with E-state index in [0.717, 1.165) is 0 Å². The summed E-state index contributed by atoms with van der Waals surface area (Å²) in [6.45, 7) is 0. The zero-order valence-corrected chi connectivity index (χ0v) is 23.9. The van der Waals surface area contributed by atoms with Crippen LogP contribution in [0.3, 0.4) is 0 Å². The molecule has 0 fully saturated rings. The van der Waals surface area contributed by atoms with E-state index in [9.17, 15) is 39.6 Å². The van der Waals surface area contributed by atoms with Crippen LogP contribution in [0, 0.1) is 0 Å². The first-order valence-electron chi connectivity index (χ1n) is 3.54. The number of hydrogen-bond acceptors (Lipinski definition) is 8. The number of rotatable bonds is 5. The van der Waals surface area contributed by atoms with Crippen LogP contribution in [-0.2, 0) is 19.2 Å². The molecule has 20 heavy (non-hydrogen) atoms. The summed E-state index contributed by atoms with van der Waals surface area (Å²) in [5, 5.41) is 40.8. The average molecular weight is 382 g/mol. The summed E-state index contributed by atoms with van der Waals surface area (Å²) in [5.74, 6) is -8.49. The minimum Gasteiger partial charge on any atom is -0.545 e. The van der Waals surface area contributed by atoms with E-state index in [4.69, 9.17) is 0 Å². The van der Waals surface area contributed by atoms with Crippen LogP contribution in [0.4, 0.5) is 0 Å². The summed E-state index contributed by atoms with van der Waals surface area (Å²) in [7, 11) is 0. The normalized spacial score (nSPS) is 9.60. The Morgan fingerprint density at radius 1 is 0.550 bits per heavy atom. The van der Waals surface area contributed by atoms with Gasteiger partial charge in [-0.3, -0.25) is 0 Å². The van der Waals surface area contributed by atoms with Crippen LogP contribution < -0.4 is 226 Å². The predicted octanol–water partition coefficient (Wildman–Crippen LogP) is -18.1. The molecule has 0 atom stereocenters. The fourth-order valence-corrected chi connectivity index (χ4v) is 0.729. The SMILES string of the molecule is O=C([O-])C=C(C(=O)[O-])C(=CC(=O)[O-])C(=O)[O-].[K+].[K+].[K+].[K+]. The number of carbonyl (C=O) groups is 4. The Kier molecular flexibility index (Phi) is 33.7. The van der Waals surface area contributed by atoms with E-state index in [0.29, 0.717) is 0 Å². The van der Waals surface area contributed by atoms with Crippen molar-refractivity contribution in [2.75, 3.05) is 0 Å². The fraction of sp³-hybridized carbons (Fsp3) is 0. The van der Waals surface area contributed by atoms with E-state index in [1.807, 2.05) is 0 Å². The summed E-state index contributed by atoms with van der Waals surface area (Å²) in [6.07, 6.45) is -0.278. The standard InChI is InChI=1S/C8H6O8.4K/c9-5(10)1-3(7(13)14)4(8(15)16)2-6(11)12;;;;/h1-2H,(H,9,10)(H,11,12)(H,13,14)(H,15,16);;;;/q;4*+1/p-4. The molecule has 0 rings (SSSR count). The van der Waals surface area contributed by atoms with Crippen molar-refractivity contribution in [3.8, 4) is 0 Å². The summed E-state index contributed by atoms with van der Waals surface area (Å²) < 4.78 is 0. The van der Waals surface area contributed by atoms with Gasteiger partial charge in [-0.1, -0.05) is 0 Å². The molecule has 0 saturated heterocycles. The van der Waals surface area contributed by atoms with Gasteiger partial charge in [0.15, 0.2) is 0 Å². The van der Waals surface area contributed by atoms with Gasteiger partial charge in [0.2, 0.25) is 0 Å². The van der Waals surface area contributed by atoms with Crippen molar-refractivity contribution in [1.29, 1.82) is 0 Å². The molecular formula is C8H2K4O8. The molecule has 0 aromatic carbocycles. The van der Waals surface area contributed by atoms with Gasteiger partial charge in [-0.15, -0.1) is 0 Å². The number of carboxylic acid groups (broad SMARTS) is 4. The summed E-state index contributed by atoms with van der Waals surface area (Å²) in [4.78, 5) is 40.8. The molecule has 0 bridgehead atoms. The van der Waals surface area contributed by atoms with Crippen LogP contribution in [0.5, 0.6) is 0 Å². The van der Waals surface area contributed by atoms with Gasteiger partial charge in [0.05, 0.1) is 23.9 Å². The molecule has 0 heterocycles. The summed E-state index contributed by atoms with van der Waals surface area (Å²) in [5.41, 5.74) is -2.80. The predicted molar refractivity (Wildman–Crippen MR) is 36.2 cm³/mol. The van der Waals surface area contributed by atoms with E-state index < -0.39 is 35.0 Å². The van der Waals surface area contributed by atoms with Gasteiger partial charge in [-0.25, -0.2) is 0 Å². The van der Waals surface area contributed by atoms with Gasteiger partial charge < -0.3 is 39.6 Å². The van der Waals surface area contributed by atoms with E-state index in [1.54, 1.807) is 0 Å². The van der Waals surface area contributed by atoms with Crippen molar-refractivity contribution in [1.82, 2.24) is 0 Å². The third-order valence-corrected chi connectivity index (χ3v) is 1.25. The third-order valence-electron chi connectivity index (χ3n) is 1.25. The molecule has 0 aromatic heterocycles. The molecule has 86 valence electrons. The zero-order valence-electron chi connectivity index (χ0n) is 11.4. The Hall–Kier alpha value is 3.91. The van der Waals surface area contributed by atoms with E-state index in [-0.39, 0.29) is 218 Å². The van der Waals surface area contributed by atoms with E-state index >= 15 is 0 Å². The number of hydrogen-bond donors (Lipinski definition) is 0. The van der Waals surface area contributed by atoms with Crippen molar-refractivity contribution in [3.63, 3.8) is 0 Å². The van der Waals surface area contributed by atoms with Crippen LogP contribution in [0.2, 0.25) is 0 Å². The van der Waals surface area contributed by atoms with Crippen molar-refractivity contribution >= 4 is 23.9 Å². The molecular weight excluding hydrogens is 380 g/mol. The third kappa shape index (κ3) is 16.8. The Balaban J connectivity index is -0.000000187. The first-order chi connectivity index (χ1) is 7.25. The van der Waals surface area contributed by atoms with Crippen LogP contribution in [0.25, 0.3) is 0 Å². The topological polar surface area (TPSA) is 161 Å². The molecule has 0 N–H and O–H groups in total. The van der Waals surface area contributed by atoms with Crippen LogP contribution in [0.15, 0.2) is 23.3 Å². The second-order valence-electron chi connectivity index (χ2n) is 2.33. The molecule has 8 nitrogen and oxygen atoms in total. The minimum absolute atomic E-state index is 0. The summed E-state index contributed by atoms with van der Waals surface area (Å²) >= 11 is 0. The van der Waals surface area contributed by atoms with Gasteiger partial charge in [-0.05, 0) is 12.2 Å². The number of aliphatic carboxylic acids is 4. The van der Waals surface area contributed by atoms with E-state index in [2.05, 4.69) is 0 Å². The first kappa shape index (κ1) is 35.1. The Bertz CT molecular complexity index is 388. The molecule has 0 aliphatic heterocycles. The maximum atomic E-state index is 10.3. The minimum atomic E-state index is -2.21. The van der Waals surface area contributed by atoms with Gasteiger partial charge in [-0.2, -0.15) is 0 Å². The zero-order chi connectivity index (χ0) is 12.9. The second-order valence-corrected chi connectivity index (χ2v) is 2.33. The molecule has 0 aliphatic rings. The number of carbonyl (C=O) groups excluding carboxylic acids is 4. The molecule has 0 amide bonds. The van der Waals surface area contributed by atoms with Crippen molar-refractivity contribution in [3.05, 3.63) is 23.3 Å². The number of carboxylic acids is 4. The van der Waals surface area contributed by atoms with Gasteiger partial charge in [0.1, 0.15) is 0 Å². The quantitative estimate of drug-likeness (QED) is 0.257. The molecule has 0 unspecified atom stereocenters. The monoisotopic (exact) mass is 382 g/mol. The van der Waals surface area contributed by atoms with Crippen molar-refractivity contribution in [2.24, 2.45) is 0 Å². The van der Waals surface area contributed by atoms with Crippen molar-refractivity contribution < 1.29 is 245 Å². The largest absolute Gasteiger partial charge is 1.00 e. The van der Waals surface area contributed by atoms with Crippen molar-refractivity contribution in [2.45, 2.75) is 0 Å². The average Bonchev–Trinajstić information content (AvgIpc) is 2.09. The molecule has 0 aromatic rings. The van der Waals surface area contributed by atoms with Crippen LogP contribution in [0.1, 0.15) is 0 Å². The maximum absolute atomic E-state index is 10.3. The van der Waals surface area contributed by atoms with Crippen LogP contribution >= 0.6 is 0 Å². The summed E-state index contributed by atoms with van der Waals surface area (Å²) in [6, 6.07) is 0. The first-order valence-corrected chi connectivity index (χ1v) is 3.54. The smallest absolute Gasteiger partial charge is 0.545 e. The molecule has 0 saturated carbocycles. The molecule has 0 spiro atoms. The fourth-order valence-electron chi connectivity index (χ4n) is 0.729. The van der Waals surface area contributed by atoms with Gasteiger partial charge in [0.25, 0.3) is 0 Å².